The first kappa shape index (κ1) is 14.2. The van der Waals surface area contributed by atoms with Crippen LogP contribution in [0.5, 0.6) is 0 Å². The third-order valence-corrected chi connectivity index (χ3v) is 3.81. The van der Waals surface area contributed by atoms with Crippen molar-refractivity contribution >= 4 is 0 Å². The fourth-order valence-corrected chi connectivity index (χ4v) is 2.65. The monoisotopic (exact) mass is 263 g/mol. The van der Waals surface area contributed by atoms with Crippen LogP contribution in [0.1, 0.15) is 38.3 Å². The summed E-state index contributed by atoms with van der Waals surface area (Å²) < 4.78 is 19.1. The van der Waals surface area contributed by atoms with Gasteiger partial charge in [0.25, 0.3) is 0 Å². The number of hydrogen-bond acceptors (Lipinski definition) is 2. The lowest BCUT2D eigenvalue weighted by atomic mass is 9.97. The van der Waals surface area contributed by atoms with Crippen molar-refractivity contribution in [3.05, 3.63) is 48.3 Å². The van der Waals surface area contributed by atoms with Crippen LogP contribution in [0.25, 0.3) is 0 Å². The second kappa shape index (κ2) is 5.85. The van der Waals surface area contributed by atoms with E-state index in [-0.39, 0.29) is 23.5 Å². The lowest BCUT2D eigenvalue weighted by molar-refractivity contribution is -0.0265. The number of rotatable bonds is 5. The van der Waals surface area contributed by atoms with Gasteiger partial charge in [-0.3, -0.25) is 0 Å². The van der Waals surface area contributed by atoms with Crippen molar-refractivity contribution in [1.29, 1.82) is 0 Å². The summed E-state index contributed by atoms with van der Waals surface area (Å²) in [6.07, 6.45) is 3.81. The fourth-order valence-electron chi connectivity index (χ4n) is 2.65. The van der Waals surface area contributed by atoms with Crippen LogP contribution in [0.15, 0.2) is 36.9 Å². The van der Waals surface area contributed by atoms with Gasteiger partial charge in [-0.25, -0.2) is 4.39 Å². The van der Waals surface area contributed by atoms with E-state index >= 15 is 0 Å². The van der Waals surface area contributed by atoms with Crippen LogP contribution in [0.3, 0.4) is 0 Å². The average Bonchev–Trinajstić information content (AvgIpc) is 2.87. The molecule has 0 radical (unpaired) electrons. The SMILES string of the molecule is C=CCOC(C)(C)[C@H]1CC[C@@H](c2cccc(F)c2)N1. The van der Waals surface area contributed by atoms with Crippen molar-refractivity contribution in [3.63, 3.8) is 0 Å². The molecule has 0 saturated carbocycles. The summed E-state index contributed by atoms with van der Waals surface area (Å²) >= 11 is 0. The maximum absolute atomic E-state index is 13.3. The third kappa shape index (κ3) is 3.43. The van der Waals surface area contributed by atoms with Gasteiger partial charge in [0.05, 0.1) is 12.2 Å². The molecule has 0 spiro atoms. The molecule has 1 aromatic carbocycles. The van der Waals surface area contributed by atoms with Crippen LogP contribution >= 0.6 is 0 Å². The molecule has 1 aliphatic rings. The standard InChI is InChI=1S/C16H22FNO/c1-4-10-19-16(2,3)15-9-8-14(18-15)12-6-5-7-13(17)11-12/h4-7,11,14-15,18H,1,8-10H2,2-3H3/t14-,15+/m0/s1. The topological polar surface area (TPSA) is 21.3 Å². The Balaban J connectivity index is 2.01. The summed E-state index contributed by atoms with van der Waals surface area (Å²) in [6, 6.07) is 7.32. The molecule has 0 aromatic heterocycles. The Morgan fingerprint density at radius 3 is 2.95 bits per heavy atom. The molecular weight excluding hydrogens is 241 g/mol. The van der Waals surface area contributed by atoms with Gasteiger partial charge >= 0.3 is 0 Å². The molecule has 1 heterocycles. The van der Waals surface area contributed by atoms with E-state index in [0.717, 1.165) is 18.4 Å². The van der Waals surface area contributed by atoms with Crippen molar-refractivity contribution in [3.8, 4) is 0 Å². The minimum atomic E-state index is -0.240. The molecule has 0 bridgehead atoms. The molecule has 0 unspecified atom stereocenters. The first-order valence-electron chi connectivity index (χ1n) is 6.79. The average molecular weight is 263 g/mol. The second-order valence-electron chi connectivity index (χ2n) is 5.61. The molecule has 104 valence electrons. The molecule has 0 amide bonds. The quantitative estimate of drug-likeness (QED) is 0.820. The number of halogens is 1. The molecule has 3 heteroatoms. The summed E-state index contributed by atoms with van der Waals surface area (Å²) in [5.74, 6) is -0.176. The smallest absolute Gasteiger partial charge is 0.123 e. The van der Waals surface area contributed by atoms with Gasteiger partial charge in [0.15, 0.2) is 0 Å². The lowest BCUT2D eigenvalue weighted by Gasteiger charge is -2.32. The van der Waals surface area contributed by atoms with Crippen molar-refractivity contribution in [1.82, 2.24) is 5.32 Å². The number of hydrogen-bond donors (Lipinski definition) is 1. The van der Waals surface area contributed by atoms with E-state index in [2.05, 4.69) is 25.7 Å². The molecule has 2 nitrogen and oxygen atoms in total. The zero-order chi connectivity index (χ0) is 13.9. The highest BCUT2D eigenvalue weighted by Gasteiger charge is 2.36. The molecule has 1 saturated heterocycles. The van der Waals surface area contributed by atoms with E-state index in [1.165, 1.54) is 6.07 Å². The molecule has 2 rings (SSSR count). The van der Waals surface area contributed by atoms with E-state index in [1.54, 1.807) is 18.2 Å². The maximum atomic E-state index is 13.3. The van der Waals surface area contributed by atoms with Crippen molar-refractivity contribution < 1.29 is 9.13 Å². The second-order valence-corrected chi connectivity index (χ2v) is 5.61. The van der Waals surface area contributed by atoms with Crippen molar-refractivity contribution in [2.75, 3.05) is 6.61 Å². The summed E-state index contributed by atoms with van der Waals surface area (Å²) in [7, 11) is 0. The highest BCUT2D eigenvalue weighted by Crippen LogP contribution is 2.32. The van der Waals surface area contributed by atoms with E-state index in [0.29, 0.717) is 6.61 Å². The number of nitrogens with one attached hydrogen (secondary N) is 1. The predicted octanol–water partition coefficient (Wildman–Crippen LogP) is 3.60. The summed E-state index contributed by atoms with van der Waals surface area (Å²) in [5.41, 5.74) is 0.776. The van der Waals surface area contributed by atoms with Gasteiger partial charge in [0, 0.05) is 12.1 Å². The molecule has 1 fully saturated rings. The molecule has 2 atom stereocenters. The van der Waals surface area contributed by atoms with Gasteiger partial charge < -0.3 is 10.1 Å². The maximum Gasteiger partial charge on any atom is 0.123 e. The van der Waals surface area contributed by atoms with Crippen LogP contribution < -0.4 is 5.32 Å². The molecular formula is C16H22FNO. The van der Waals surface area contributed by atoms with E-state index < -0.39 is 0 Å². The van der Waals surface area contributed by atoms with Crippen LogP contribution in [-0.2, 0) is 4.74 Å². The molecule has 1 N–H and O–H groups in total. The normalized spacial score (nSPS) is 23.5. The van der Waals surface area contributed by atoms with Crippen LogP contribution in [0.4, 0.5) is 4.39 Å². The zero-order valence-corrected chi connectivity index (χ0v) is 11.7. The van der Waals surface area contributed by atoms with Gasteiger partial charge in [-0.2, -0.15) is 0 Å². The Morgan fingerprint density at radius 1 is 1.47 bits per heavy atom. The highest BCUT2D eigenvalue weighted by molar-refractivity contribution is 5.21. The molecule has 0 aliphatic carbocycles. The minimum Gasteiger partial charge on any atom is -0.370 e. The van der Waals surface area contributed by atoms with Crippen LogP contribution in [0, 0.1) is 5.82 Å². The van der Waals surface area contributed by atoms with Crippen molar-refractivity contribution in [2.45, 2.75) is 44.4 Å². The van der Waals surface area contributed by atoms with Crippen molar-refractivity contribution in [2.24, 2.45) is 0 Å². The predicted molar refractivity (Wildman–Crippen MR) is 75.5 cm³/mol. The third-order valence-electron chi connectivity index (χ3n) is 3.81. The Hall–Kier alpha value is -1.19. The Kier molecular flexibility index (Phi) is 4.38. The molecule has 19 heavy (non-hydrogen) atoms. The minimum absolute atomic E-state index is 0.176. The van der Waals surface area contributed by atoms with Gasteiger partial charge in [-0.05, 0) is 44.4 Å². The Labute approximate surface area is 114 Å². The molecule has 1 aromatic rings. The fraction of sp³-hybridized carbons (Fsp3) is 0.500. The van der Waals surface area contributed by atoms with Gasteiger partial charge in [-0.15, -0.1) is 6.58 Å². The van der Waals surface area contributed by atoms with Gasteiger partial charge in [-0.1, -0.05) is 18.2 Å². The summed E-state index contributed by atoms with van der Waals surface area (Å²) in [5, 5.41) is 3.56. The molecule has 1 aliphatic heterocycles. The first-order chi connectivity index (χ1) is 9.03. The van der Waals surface area contributed by atoms with Gasteiger partial charge in [0.2, 0.25) is 0 Å². The van der Waals surface area contributed by atoms with E-state index in [4.69, 9.17) is 4.74 Å². The largest absolute Gasteiger partial charge is 0.370 e. The van der Waals surface area contributed by atoms with E-state index in [1.807, 2.05) is 6.07 Å². The van der Waals surface area contributed by atoms with Crippen LogP contribution in [-0.4, -0.2) is 18.2 Å². The van der Waals surface area contributed by atoms with E-state index in [9.17, 15) is 4.39 Å². The number of benzene rings is 1. The van der Waals surface area contributed by atoms with Gasteiger partial charge in [0.1, 0.15) is 5.82 Å². The Morgan fingerprint density at radius 2 is 2.26 bits per heavy atom. The summed E-state index contributed by atoms with van der Waals surface area (Å²) in [4.78, 5) is 0. The highest BCUT2D eigenvalue weighted by atomic mass is 19.1. The lowest BCUT2D eigenvalue weighted by Crippen LogP contribution is -2.45. The zero-order valence-electron chi connectivity index (χ0n) is 11.7. The first-order valence-corrected chi connectivity index (χ1v) is 6.79. The summed E-state index contributed by atoms with van der Waals surface area (Å²) in [6.45, 7) is 8.40. The number of ether oxygens (including phenoxy) is 1. The Bertz CT molecular complexity index is 444. The van der Waals surface area contributed by atoms with Crippen LogP contribution in [0.2, 0.25) is 0 Å².